The molecule has 0 unspecified atom stereocenters. The Morgan fingerprint density at radius 1 is 1.12 bits per heavy atom. The Morgan fingerprint density at radius 3 is 2.52 bits per heavy atom. The normalized spacial score (nSPS) is 10.7. The van der Waals surface area contributed by atoms with Gasteiger partial charge in [0.25, 0.3) is 5.91 Å². The molecule has 0 atom stereocenters. The molecule has 5 nitrogen and oxygen atoms in total. The minimum absolute atomic E-state index is 0.0292. The molecule has 3 aromatic rings. The second-order valence-electron chi connectivity index (χ2n) is 5.37. The molecule has 1 heterocycles. The van der Waals surface area contributed by atoms with Gasteiger partial charge in [-0.15, -0.1) is 0 Å². The lowest BCUT2D eigenvalue weighted by molar-refractivity contribution is 0.0696. The highest BCUT2D eigenvalue weighted by molar-refractivity contribution is 6.40. The summed E-state index contributed by atoms with van der Waals surface area (Å²) in [7, 11) is 1.54. The van der Waals surface area contributed by atoms with E-state index in [-0.39, 0.29) is 17.2 Å². The standard InChI is InChI=1S/C18H12Cl2N2O3/c1-22(17(23)14-4-2-3-5-21-14)15-8-11(18(24)25)6-10-7-12(19)9-13(20)16(10)15/h2-9H,1H3,(H,24,25). The molecule has 0 bridgehead atoms. The molecule has 1 N–H and O–H groups in total. The average Bonchev–Trinajstić information content (AvgIpc) is 2.59. The number of nitrogens with zero attached hydrogens (tertiary/aromatic N) is 2. The van der Waals surface area contributed by atoms with E-state index in [2.05, 4.69) is 4.98 Å². The van der Waals surface area contributed by atoms with Crippen molar-refractivity contribution in [1.29, 1.82) is 0 Å². The molecule has 0 aliphatic rings. The Bertz CT molecular complexity index is 991. The van der Waals surface area contributed by atoms with Crippen LogP contribution in [0.1, 0.15) is 20.8 Å². The zero-order chi connectivity index (χ0) is 18.1. The number of carboxylic acids is 1. The minimum Gasteiger partial charge on any atom is -0.478 e. The van der Waals surface area contributed by atoms with Crippen LogP contribution in [0.4, 0.5) is 5.69 Å². The first-order valence-electron chi connectivity index (χ1n) is 7.23. The van der Waals surface area contributed by atoms with Crippen molar-refractivity contribution >= 4 is 51.5 Å². The van der Waals surface area contributed by atoms with E-state index in [1.807, 2.05) is 0 Å². The molecule has 0 saturated heterocycles. The lowest BCUT2D eigenvalue weighted by Gasteiger charge is -2.20. The Morgan fingerprint density at radius 2 is 1.88 bits per heavy atom. The number of carbonyl (C=O) groups excluding carboxylic acids is 1. The highest BCUT2D eigenvalue weighted by Gasteiger charge is 2.20. The van der Waals surface area contributed by atoms with E-state index in [4.69, 9.17) is 23.2 Å². The van der Waals surface area contributed by atoms with Gasteiger partial charge in [-0.1, -0.05) is 29.3 Å². The van der Waals surface area contributed by atoms with E-state index in [1.165, 1.54) is 23.2 Å². The van der Waals surface area contributed by atoms with Crippen molar-refractivity contribution in [2.45, 2.75) is 0 Å². The third-order valence-electron chi connectivity index (χ3n) is 3.74. The lowest BCUT2D eigenvalue weighted by Crippen LogP contribution is -2.27. The number of anilines is 1. The van der Waals surface area contributed by atoms with Crippen LogP contribution in [0, 0.1) is 0 Å². The molecular formula is C18H12Cl2N2O3. The van der Waals surface area contributed by atoms with Crippen LogP contribution in [0.5, 0.6) is 0 Å². The number of amides is 1. The van der Waals surface area contributed by atoms with Crippen molar-refractivity contribution in [3.8, 4) is 0 Å². The van der Waals surface area contributed by atoms with Crippen molar-refractivity contribution < 1.29 is 14.7 Å². The van der Waals surface area contributed by atoms with Crippen LogP contribution in [0.25, 0.3) is 10.8 Å². The summed E-state index contributed by atoms with van der Waals surface area (Å²) in [6, 6.07) is 11.0. The van der Waals surface area contributed by atoms with E-state index >= 15 is 0 Å². The van der Waals surface area contributed by atoms with E-state index in [9.17, 15) is 14.7 Å². The number of aromatic carboxylic acids is 1. The van der Waals surface area contributed by atoms with Crippen molar-refractivity contribution in [2.24, 2.45) is 0 Å². The largest absolute Gasteiger partial charge is 0.478 e. The van der Waals surface area contributed by atoms with E-state index in [0.717, 1.165) is 0 Å². The fourth-order valence-corrected chi connectivity index (χ4v) is 3.17. The summed E-state index contributed by atoms with van der Waals surface area (Å²) in [5.41, 5.74) is 0.637. The second kappa shape index (κ2) is 6.70. The predicted molar refractivity (Wildman–Crippen MR) is 97.9 cm³/mol. The van der Waals surface area contributed by atoms with Crippen molar-refractivity contribution in [2.75, 3.05) is 11.9 Å². The molecule has 1 amide bonds. The second-order valence-corrected chi connectivity index (χ2v) is 6.21. The lowest BCUT2D eigenvalue weighted by atomic mass is 10.0. The van der Waals surface area contributed by atoms with Crippen LogP contribution in [0.15, 0.2) is 48.7 Å². The number of hydrogen-bond acceptors (Lipinski definition) is 3. The quantitative estimate of drug-likeness (QED) is 0.731. The fraction of sp³-hybridized carbons (Fsp3) is 0.0556. The number of carboxylic acid groups (broad SMARTS) is 1. The first-order chi connectivity index (χ1) is 11.9. The van der Waals surface area contributed by atoms with Crippen LogP contribution in [0.3, 0.4) is 0 Å². The molecule has 126 valence electrons. The predicted octanol–water partition coefficient (Wildman–Crippen LogP) is 4.52. The Balaban J connectivity index is 2.23. The van der Waals surface area contributed by atoms with E-state index in [0.29, 0.717) is 26.5 Å². The van der Waals surface area contributed by atoms with Crippen molar-refractivity contribution in [3.63, 3.8) is 0 Å². The molecular weight excluding hydrogens is 363 g/mol. The molecule has 3 rings (SSSR count). The molecule has 0 saturated carbocycles. The SMILES string of the molecule is CN(C(=O)c1ccccn1)c1cc(C(=O)O)cc2cc(Cl)cc(Cl)c12. The van der Waals surface area contributed by atoms with Crippen LogP contribution in [-0.2, 0) is 0 Å². The van der Waals surface area contributed by atoms with Gasteiger partial charge >= 0.3 is 5.97 Å². The van der Waals surface area contributed by atoms with Gasteiger partial charge in [-0.3, -0.25) is 9.78 Å². The van der Waals surface area contributed by atoms with Crippen LogP contribution in [0.2, 0.25) is 10.0 Å². The number of pyridine rings is 1. The zero-order valence-electron chi connectivity index (χ0n) is 13.0. The minimum atomic E-state index is -1.11. The summed E-state index contributed by atoms with van der Waals surface area (Å²) in [5.74, 6) is -1.49. The highest BCUT2D eigenvalue weighted by atomic mass is 35.5. The number of hydrogen-bond donors (Lipinski definition) is 1. The maximum Gasteiger partial charge on any atom is 0.335 e. The molecule has 0 radical (unpaired) electrons. The van der Waals surface area contributed by atoms with Crippen LogP contribution >= 0.6 is 23.2 Å². The summed E-state index contributed by atoms with van der Waals surface area (Å²) >= 11 is 12.3. The maximum atomic E-state index is 12.7. The fourth-order valence-electron chi connectivity index (χ4n) is 2.56. The van der Waals surface area contributed by atoms with Gasteiger partial charge in [0.15, 0.2) is 0 Å². The Labute approximate surface area is 153 Å². The molecule has 0 aliphatic heterocycles. The van der Waals surface area contributed by atoms with Crippen molar-refractivity contribution in [1.82, 2.24) is 4.98 Å². The molecule has 7 heteroatoms. The van der Waals surface area contributed by atoms with E-state index in [1.54, 1.807) is 37.4 Å². The molecule has 0 fully saturated rings. The monoisotopic (exact) mass is 374 g/mol. The topological polar surface area (TPSA) is 70.5 Å². The van der Waals surface area contributed by atoms with Gasteiger partial charge in [0.2, 0.25) is 0 Å². The summed E-state index contributed by atoms with van der Waals surface area (Å²) in [6.07, 6.45) is 1.51. The molecule has 2 aromatic carbocycles. The molecule has 1 aromatic heterocycles. The first kappa shape index (κ1) is 17.2. The smallest absolute Gasteiger partial charge is 0.335 e. The molecule has 0 aliphatic carbocycles. The van der Waals surface area contributed by atoms with Crippen LogP contribution < -0.4 is 4.90 Å². The summed E-state index contributed by atoms with van der Waals surface area (Å²) in [6.45, 7) is 0. The van der Waals surface area contributed by atoms with Gasteiger partial charge in [0.1, 0.15) is 5.69 Å². The maximum absolute atomic E-state index is 12.7. The van der Waals surface area contributed by atoms with Gasteiger partial charge in [-0.05, 0) is 41.8 Å². The van der Waals surface area contributed by atoms with Crippen molar-refractivity contribution in [3.05, 3.63) is 70.0 Å². The van der Waals surface area contributed by atoms with E-state index < -0.39 is 5.97 Å². The van der Waals surface area contributed by atoms with Gasteiger partial charge in [-0.25, -0.2) is 4.79 Å². The average molecular weight is 375 g/mol. The summed E-state index contributed by atoms with van der Waals surface area (Å²) < 4.78 is 0. The number of benzene rings is 2. The Hall–Kier alpha value is -2.63. The summed E-state index contributed by atoms with van der Waals surface area (Å²) in [4.78, 5) is 29.5. The highest BCUT2D eigenvalue weighted by Crippen LogP contribution is 2.36. The number of fused-ring (bicyclic) bond motifs is 1. The number of rotatable bonds is 3. The molecule has 25 heavy (non-hydrogen) atoms. The number of halogens is 2. The van der Waals surface area contributed by atoms with Gasteiger partial charge in [-0.2, -0.15) is 0 Å². The summed E-state index contributed by atoms with van der Waals surface area (Å²) in [5, 5.41) is 11.2. The van der Waals surface area contributed by atoms with Gasteiger partial charge in [0, 0.05) is 23.7 Å². The van der Waals surface area contributed by atoms with Gasteiger partial charge in [0.05, 0.1) is 16.3 Å². The molecule has 0 spiro atoms. The van der Waals surface area contributed by atoms with Crippen LogP contribution in [-0.4, -0.2) is 29.0 Å². The third-order valence-corrected chi connectivity index (χ3v) is 4.26. The Kier molecular flexibility index (Phi) is 4.61. The number of carbonyl (C=O) groups is 2. The van der Waals surface area contributed by atoms with Gasteiger partial charge < -0.3 is 10.0 Å². The number of aromatic nitrogens is 1. The third kappa shape index (κ3) is 3.29. The first-order valence-corrected chi connectivity index (χ1v) is 7.99. The zero-order valence-corrected chi connectivity index (χ0v) is 14.5.